The van der Waals surface area contributed by atoms with Crippen molar-refractivity contribution in [2.24, 2.45) is 10.9 Å². The molecule has 0 aromatic heterocycles. The summed E-state index contributed by atoms with van der Waals surface area (Å²) in [5.41, 5.74) is 1.08. The molecular formula is C21H35IN4O3. The normalized spacial score (nSPS) is 14.8. The number of halogens is 1. The largest absolute Gasteiger partial charge is 0.493 e. The van der Waals surface area contributed by atoms with Crippen molar-refractivity contribution >= 4 is 35.8 Å². The second-order valence-electron chi connectivity index (χ2n) is 6.90. The fraction of sp³-hybridized carbons (Fsp3) is 0.619. The number of amides is 1. The van der Waals surface area contributed by atoms with Crippen molar-refractivity contribution in [1.29, 1.82) is 0 Å². The molecule has 1 aliphatic rings. The maximum Gasteiger partial charge on any atom is 0.220 e. The van der Waals surface area contributed by atoms with E-state index in [-0.39, 0.29) is 29.9 Å². The first-order valence-electron chi connectivity index (χ1n) is 10.1. The molecule has 0 aliphatic carbocycles. The summed E-state index contributed by atoms with van der Waals surface area (Å²) < 4.78 is 11.0. The van der Waals surface area contributed by atoms with E-state index in [1.54, 1.807) is 14.2 Å². The van der Waals surface area contributed by atoms with Gasteiger partial charge < -0.3 is 25.0 Å². The molecular weight excluding hydrogens is 483 g/mol. The Balaban J connectivity index is 0.00000420. The molecule has 0 bridgehead atoms. The summed E-state index contributed by atoms with van der Waals surface area (Å²) in [6.07, 6.45) is 2.63. The number of ether oxygens (including phenoxy) is 2. The van der Waals surface area contributed by atoms with E-state index in [1.165, 1.54) is 0 Å². The smallest absolute Gasteiger partial charge is 0.220 e. The molecule has 2 N–H and O–H groups in total. The SMILES string of the molecule is CCNC(=NCc1ccc(OC)c(OCC)c1)N1CCC(CC(=O)NC)CC1.I. The zero-order chi connectivity index (χ0) is 20.4. The lowest BCUT2D eigenvalue weighted by molar-refractivity contribution is -0.121. The third-order valence-electron chi connectivity index (χ3n) is 4.94. The van der Waals surface area contributed by atoms with Crippen LogP contribution in [0.3, 0.4) is 0 Å². The van der Waals surface area contributed by atoms with Gasteiger partial charge in [-0.2, -0.15) is 0 Å². The predicted octanol–water partition coefficient (Wildman–Crippen LogP) is 3.03. The molecule has 1 heterocycles. The highest BCUT2D eigenvalue weighted by Gasteiger charge is 2.23. The molecule has 2 rings (SSSR count). The molecule has 0 unspecified atom stereocenters. The van der Waals surface area contributed by atoms with Gasteiger partial charge in [-0.25, -0.2) is 4.99 Å². The maximum absolute atomic E-state index is 11.6. The van der Waals surface area contributed by atoms with E-state index in [2.05, 4.69) is 22.5 Å². The Morgan fingerprint density at radius 2 is 1.97 bits per heavy atom. The lowest BCUT2D eigenvalue weighted by atomic mass is 9.93. The number of carbonyl (C=O) groups excluding carboxylic acids is 1. The van der Waals surface area contributed by atoms with Gasteiger partial charge in [-0.05, 0) is 50.3 Å². The zero-order valence-corrected chi connectivity index (χ0v) is 20.3. The van der Waals surface area contributed by atoms with Crippen LogP contribution in [0.25, 0.3) is 0 Å². The number of nitrogens with zero attached hydrogens (tertiary/aromatic N) is 2. The van der Waals surface area contributed by atoms with Gasteiger partial charge in [-0.1, -0.05) is 6.07 Å². The van der Waals surface area contributed by atoms with E-state index in [0.717, 1.165) is 55.5 Å². The standard InChI is InChI=1S/C21H34N4O3.HI/c1-5-23-21(25-11-9-16(10-12-25)14-20(26)22-3)24-15-17-7-8-18(27-4)19(13-17)28-6-2;/h7-8,13,16H,5-6,9-12,14-15H2,1-4H3,(H,22,26)(H,23,24);1H. The van der Waals surface area contributed by atoms with Gasteiger partial charge in [0.15, 0.2) is 17.5 Å². The highest BCUT2D eigenvalue weighted by molar-refractivity contribution is 14.0. The molecule has 1 aromatic rings. The molecule has 1 fully saturated rings. The van der Waals surface area contributed by atoms with E-state index in [9.17, 15) is 4.79 Å². The Morgan fingerprint density at radius 1 is 1.24 bits per heavy atom. The molecule has 1 saturated heterocycles. The average molecular weight is 518 g/mol. The average Bonchev–Trinajstić information content (AvgIpc) is 2.72. The lowest BCUT2D eigenvalue weighted by Crippen LogP contribution is -2.46. The van der Waals surface area contributed by atoms with Crippen LogP contribution in [0.2, 0.25) is 0 Å². The number of hydrogen-bond donors (Lipinski definition) is 2. The van der Waals surface area contributed by atoms with Gasteiger partial charge in [0.2, 0.25) is 5.91 Å². The van der Waals surface area contributed by atoms with Crippen LogP contribution < -0.4 is 20.1 Å². The third-order valence-corrected chi connectivity index (χ3v) is 4.94. The molecule has 29 heavy (non-hydrogen) atoms. The number of hydrogen-bond acceptors (Lipinski definition) is 4. The van der Waals surface area contributed by atoms with Crippen LogP contribution in [0.5, 0.6) is 11.5 Å². The molecule has 0 spiro atoms. The summed E-state index contributed by atoms with van der Waals surface area (Å²) >= 11 is 0. The monoisotopic (exact) mass is 518 g/mol. The van der Waals surface area contributed by atoms with Crippen molar-refractivity contribution < 1.29 is 14.3 Å². The van der Waals surface area contributed by atoms with Gasteiger partial charge in [-0.3, -0.25) is 4.79 Å². The third kappa shape index (κ3) is 7.91. The van der Waals surface area contributed by atoms with E-state index in [1.807, 2.05) is 25.1 Å². The van der Waals surface area contributed by atoms with Gasteiger partial charge in [0.25, 0.3) is 0 Å². The summed E-state index contributed by atoms with van der Waals surface area (Å²) in [6.45, 7) is 7.86. The van der Waals surface area contributed by atoms with E-state index in [0.29, 0.717) is 25.5 Å². The van der Waals surface area contributed by atoms with Gasteiger partial charge >= 0.3 is 0 Å². The fourth-order valence-electron chi connectivity index (χ4n) is 3.39. The number of piperidine rings is 1. The van der Waals surface area contributed by atoms with Crippen LogP contribution in [0.4, 0.5) is 0 Å². The topological polar surface area (TPSA) is 75.2 Å². The van der Waals surface area contributed by atoms with E-state index < -0.39 is 0 Å². The lowest BCUT2D eigenvalue weighted by Gasteiger charge is -2.34. The Bertz CT molecular complexity index is 661. The summed E-state index contributed by atoms with van der Waals surface area (Å²) in [7, 11) is 3.34. The number of likely N-dealkylation sites (tertiary alicyclic amines) is 1. The number of carbonyl (C=O) groups is 1. The molecule has 8 heteroatoms. The first kappa shape index (κ1) is 25.3. The van der Waals surface area contributed by atoms with Crippen molar-refractivity contribution in [2.75, 3.05) is 40.4 Å². The van der Waals surface area contributed by atoms with Gasteiger partial charge in [0.1, 0.15) is 0 Å². The summed E-state index contributed by atoms with van der Waals surface area (Å²) in [6, 6.07) is 5.93. The molecule has 0 atom stereocenters. The second kappa shape index (κ2) is 13.5. The Morgan fingerprint density at radius 3 is 2.55 bits per heavy atom. The summed E-state index contributed by atoms with van der Waals surface area (Å²) in [5, 5.41) is 6.11. The number of guanidine groups is 1. The zero-order valence-electron chi connectivity index (χ0n) is 18.0. The minimum Gasteiger partial charge on any atom is -0.493 e. The maximum atomic E-state index is 11.6. The first-order chi connectivity index (χ1) is 13.6. The van der Waals surface area contributed by atoms with Crippen molar-refractivity contribution in [1.82, 2.24) is 15.5 Å². The Kier molecular flexibility index (Phi) is 11.8. The molecule has 0 radical (unpaired) electrons. The van der Waals surface area contributed by atoms with Gasteiger partial charge in [-0.15, -0.1) is 24.0 Å². The Labute approximate surface area is 191 Å². The molecule has 0 saturated carbocycles. The number of nitrogens with one attached hydrogen (secondary N) is 2. The summed E-state index contributed by atoms with van der Waals surface area (Å²) in [5.74, 6) is 2.99. The Hall–Kier alpha value is -1.71. The van der Waals surface area contributed by atoms with Crippen LogP contribution in [0.15, 0.2) is 23.2 Å². The van der Waals surface area contributed by atoms with Crippen molar-refractivity contribution in [3.63, 3.8) is 0 Å². The van der Waals surface area contributed by atoms with Crippen LogP contribution in [-0.2, 0) is 11.3 Å². The van der Waals surface area contributed by atoms with Gasteiger partial charge in [0, 0.05) is 33.1 Å². The van der Waals surface area contributed by atoms with Crippen molar-refractivity contribution in [2.45, 2.75) is 39.7 Å². The molecule has 7 nitrogen and oxygen atoms in total. The van der Waals surface area contributed by atoms with Crippen LogP contribution in [0.1, 0.15) is 38.7 Å². The number of methoxy groups -OCH3 is 1. The first-order valence-corrected chi connectivity index (χ1v) is 10.1. The van der Waals surface area contributed by atoms with Crippen LogP contribution in [-0.4, -0.2) is 57.2 Å². The number of benzene rings is 1. The van der Waals surface area contributed by atoms with Crippen molar-refractivity contribution in [3.8, 4) is 11.5 Å². The molecule has 164 valence electrons. The molecule has 1 aliphatic heterocycles. The van der Waals surface area contributed by atoms with Crippen molar-refractivity contribution in [3.05, 3.63) is 23.8 Å². The molecule has 1 aromatic carbocycles. The minimum atomic E-state index is 0. The predicted molar refractivity (Wildman–Crippen MR) is 127 cm³/mol. The quantitative estimate of drug-likeness (QED) is 0.315. The minimum absolute atomic E-state index is 0. The van der Waals surface area contributed by atoms with E-state index >= 15 is 0 Å². The van der Waals surface area contributed by atoms with E-state index in [4.69, 9.17) is 14.5 Å². The summed E-state index contributed by atoms with van der Waals surface area (Å²) in [4.78, 5) is 18.7. The van der Waals surface area contributed by atoms with Crippen LogP contribution in [0, 0.1) is 5.92 Å². The fourth-order valence-corrected chi connectivity index (χ4v) is 3.39. The van der Waals surface area contributed by atoms with Gasteiger partial charge in [0.05, 0.1) is 20.3 Å². The number of rotatable bonds is 8. The highest BCUT2D eigenvalue weighted by Crippen LogP contribution is 2.28. The highest BCUT2D eigenvalue weighted by atomic mass is 127. The second-order valence-corrected chi connectivity index (χ2v) is 6.90. The molecule has 1 amide bonds. The van der Waals surface area contributed by atoms with Crippen LogP contribution >= 0.6 is 24.0 Å². The number of aliphatic imine (C=N–C) groups is 1.